The summed E-state index contributed by atoms with van der Waals surface area (Å²) in [5.74, 6) is -1.10. The second-order valence-electron chi connectivity index (χ2n) is 6.39. The minimum absolute atomic E-state index is 0.0955. The first-order valence-corrected chi connectivity index (χ1v) is 8.67. The number of ether oxygens (including phenoxy) is 1. The fourth-order valence-corrected chi connectivity index (χ4v) is 3.05. The third-order valence-electron chi connectivity index (χ3n) is 4.61. The number of halogens is 1. The Kier molecular flexibility index (Phi) is 5.46. The summed E-state index contributed by atoms with van der Waals surface area (Å²) in [6.07, 6.45) is 0. The number of rotatable bonds is 5. The number of hydrogen-bond donors (Lipinski definition) is 1. The van der Waals surface area contributed by atoms with Gasteiger partial charge in [-0.2, -0.15) is 5.26 Å². The molecule has 1 N–H and O–H groups in total. The fourth-order valence-electron chi connectivity index (χ4n) is 3.05. The van der Waals surface area contributed by atoms with Gasteiger partial charge in [-0.15, -0.1) is 0 Å². The van der Waals surface area contributed by atoms with Gasteiger partial charge >= 0.3 is 0 Å². The second-order valence-corrected chi connectivity index (χ2v) is 6.39. The van der Waals surface area contributed by atoms with Crippen molar-refractivity contribution in [1.29, 1.82) is 5.26 Å². The topological polar surface area (TPSA) is 92.3 Å². The van der Waals surface area contributed by atoms with Gasteiger partial charge in [-0.25, -0.2) is 4.39 Å². The van der Waals surface area contributed by atoms with Gasteiger partial charge in [0.15, 0.2) is 5.78 Å². The molecule has 0 aliphatic rings. The lowest BCUT2D eigenvalue weighted by atomic mass is 9.97. The third kappa shape index (κ3) is 3.73. The van der Waals surface area contributed by atoms with Crippen molar-refractivity contribution in [3.63, 3.8) is 0 Å². The number of hydrogen-bond acceptors (Lipinski definition) is 5. The number of nitrogens with zero attached hydrogens (tertiary/aromatic N) is 2. The van der Waals surface area contributed by atoms with E-state index in [1.807, 2.05) is 6.07 Å². The van der Waals surface area contributed by atoms with E-state index in [2.05, 4.69) is 0 Å². The number of nitriles is 1. The van der Waals surface area contributed by atoms with Crippen LogP contribution in [0, 0.1) is 24.1 Å². The summed E-state index contributed by atoms with van der Waals surface area (Å²) < 4.78 is 19.2. The van der Waals surface area contributed by atoms with Gasteiger partial charge < -0.3 is 9.84 Å². The number of aromatic hydroxyl groups is 1. The van der Waals surface area contributed by atoms with E-state index in [1.165, 1.54) is 44.4 Å². The van der Waals surface area contributed by atoms with Crippen LogP contribution in [0.1, 0.15) is 32.6 Å². The molecule has 0 amide bonds. The van der Waals surface area contributed by atoms with Crippen LogP contribution >= 0.6 is 0 Å². The lowest BCUT2D eigenvalue weighted by Gasteiger charge is -2.16. The molecule has 146 valence electrons. The van der Waals surface area contributed by atoms with E-state index in [9.17, 15) is 24.3 Å². The van der Waals surface area contributed by atoms with E-state index in [1.54, 1.807) is 18.2 Å². The van der Waals surface area contributed by atoms with Crippen LogP contribution in [0.25, 0.3) is 0 Å². The number of pyridine rings is 1. The Morgan fingerprint density at radius 1 is 1.24 bits per heavy atom. The van der Waals surface area contributed by atoms with Crippen LogP contribution in [0.3, 0.4) is 0 Å². The Labute approximate surface area is 166 Å². The van der Waals surface area contributed by atoms with Gasteiger partial charge in [0, 0.05) is 5.56 Å². The summed E-state index contributed by atoms with van der Waals surface area (Å²) in [5, 5.41) is 20.2. The molecule has 0 atom stereocenters. The maximum atomic E-state index is 13.2. The fraction of sp³-hybridized carbons (Fsp3) is 0.136. The lowest BCUT2D eigenvalue weighted by molar-refractivity contribution is 0.103. The molecule has 3 rings (SSSR count). The zero-order valence-electron chi connectivity index (χ0n) is 15.8. The molecule has 0 saturated carbocycles. The molecule has 0 aliphatic carbocycles. The molecular formula is C22H17FN2O4. The minimum Gasteiger partial charge on any atom is -0.497 e. The van der Waals surface area contributed by atoms with Gasteiger partial charge in [0.2, 0.25) is 5.88 Å². The van der Waals surface area contributed by atoms with Crippen LogP contribution < -0.4 is 10.3 Å². The first-order valence-electron chi connectivity index (χ1n) is 8.67. The summed E-state index contributed by atoms with van der Waals surface area (Å²) >= 11 is 0. The Balaban J connectivity index is 2.19. The Hall–Kier alpha value is -3.92. The largest absolute Gasteiger partial charge is 0.497 e. The monoisotopic (exact) mass is 392 g/mol. The van der Waals surface area contributed by atoms with Crippen LogP contribution in [0.5, 0.6) is 11.6 Å². The SMILES string of the molecule is COc1cccc(C(=O)c2c(C)c(C#N)c(=O)n(Cc3ccc(F)cc3)c2O)c1. The number of methoxy groups -OCH3 is 1. The lowest BCUT2D eigenvalue weighted by Crippen LogP contribution is -2.27. The van der Waals surface area contributed by atoms with Crippen molar-refractivity contribution in [2.75, 3.05) is 7.11 Å². The van der Waals surface area contributed by atoms with E-state index in [0.717, 1.165) is 4.57 Å². The van der Waals surface area contributed by atoms with Crippen LogP contribution in [0.4, 0.5) is 4.39 Å². The zero-order valence-corrected chi connectivity index (χ0v) is 15.8. The maximum Gasteiger partial charge on any atom is 0.271 e. The first-order chi connectivity index (χ1) is 13.9. The molecule has 0 radical (unpaired) electrons. The molecule has 1 aromatic heterocycles. The van der Waals surface area contributed by atoms with Crippen molar-refractivity contribution >= 4 is 5.78 Å². The number of carbonyl (C=O) groups is 1. The highest BCUT2D eigenvalue weighted by molar-refractivity contribution is 6.11. The van der Waals surface area contributed by atoms with Gasteiger partial charge in [0.1, 0.15) is 23.2 Å². The second kappa shape index (κ2) is 7.98. The maximum absolute atomic E-state index is 13.2. The zero-order chi connectivity index (χ0) is 21.1. The van der Waals surface area contributed by atoms with Gasteiger partial charge in [-0.3, -0.25) is 14.2 Å². The van der Waals surface area contributed by atoms with E-state index in [4.69, 9.17) is 4.74 Å². The highest BCUT2D eigenvalue weighted by Crippen LogP contribution is 2.26. The van der Waals surface area contributed by atoms with Gasteiger partial charge in [0.05, 0.1) is 19.2 Å². The van der Waals surface area contributed by atoms with E-state index in [-0.39, 0.29) is 28.8 Å². The molecule has 0 bridgehead atoms. The molecule has 6 nitrogen and oxygen atoms in total. The summed E-state index contributed by atoms with van der Waals surface area (Å²) in [4.78, 5) is 25.8. The molecule has 3 aromatic rings. The summed E-state index contributed by atoms with van der Waals surface area (Å²) in [6, 6.07) is 13.5. The summed E-state index contributed by atoms with van der Waals surface area (Å²) in [6.45, 7) is 1.31. The van der Waals surface area contributed by atoms with Crippen molar-refractivity contribution in [1.82, 2.24) is 4.57 Å². The van der Waals surface area contributed by atoms with Gasteiger partial charge in [-0.05, 0) is 42.3 Å². The predicted molar refractivity (Wildman–Crippen MR) is 104 cm³/mol. The molecule has 1 heterocycles. The summed E-state index contributed by atoms with van der Waals surface area (Å²) in [5.41, 5.74) is -0.255. The van der Waals surface area contributed by atoms with Gasteiger partial charge in [-0.1, -0.05) is 24.3 Å². The number of aromatic nitrogens is 1. The molecule has 7 heteroatoms. The minimum atomic E-state index is -0.728. The van der Waals surface area contributed by atoms with E-state index < -0.39 is 23.0 Å². The molecule has 29 heavy (non-hydrogen) atoms. The standard InChI is InChI=1S/C22H17FN2O4/c1-13-18(11-24)21(27)25(12-14-6-8-16(23)9-7-14)22(28)19(13)20(26)15-4-3-5-17(10-15)29-2/h3-10,28H,12H2,1-2H3. The molecule has 0 unspecified atom stereocenters. The van der Waals surface area contributed by atoms with Crippen LogP contribution in [0.2, 0.25) is 0 Å². The molecule has 2 aromatic carbocycles. The first kappa shape index (κ1) is 19.8. The molecule has 0 spiro atoms. The Morgan fingerprint density at radius 2 is 1.93 bits per heavy atom. The predicted octanol–water partition coefficient (Wildman–Crippen LogP) is 3.16. The smallest absolute Gasteiger partial charge is 0.271 e. The average Bonchev–Trinajstić information content (AvgIpc) is 2.73. The molecule has 0 fully saturated rings. The van der Waals surface area contributed by atoms with Gasteiger partial charge in [0.25, 0.3) is 5.56 Å². The summed E-state index contributed by atoms with van der Waals surface area (Å²) in [7, 11) is 1.46. The third-order valence-corrected chi connectivity index (χ3v) is 4.61. The molecule has 0 saturated heterocycles. The van der Waals surface area contributed by atoms with Crippen molar-refractivity contribution in [2.45, 2.75) is 13.5 Å². The van der Waals surface area contributed by atoms with Crippen molar-refractivity contribution in [3.05, 3.63) is 92.5 Å². The van der Waals surface area contributed by atoms with Crippen LogP contribution in [-0.2, 0) is 6.54 Å². The number of carbonyl (C=O) groups excluding carboxylic acids is 1. The van der Waals surface area contributed by atoms with Crippen LogP contribution in [-0.4, -0.2) is 22.6 Å². The Morgan fingerprint density at radius 3 is 2.55 bits per heavy atom. The molecular weight excluding hydrogens is 375 g/mol. The number of benzene rings is 2. The highest BCUT2D eigenvalue weighted by Gasteiger charge is 2.25. The number of ketones is 1. The molecule has 0 aliphatic heterocycles. The quantitative estimate of drug-likeness (QED) is 0.674. The Bertz CT molecular complexity index is 1190. The highest BCUT2D eigenvalue weighted by atomic mass is 19.1. The van der Waals surface area contributed by atoms with Crippen molar-refractivity contribution in [2.24, 2.45) is 0 Å². The van der Waals surface area contributed by atoms with Crippen molar-refractivity contribution in [3.8, 4) is 17.7 Å². The van der Waals surface area contributed by atoms with E-state index in [0.29, 0.717) is 11.3 Å². The normalized spacial score (nSPS) is 10.4. The van der Waals surface area contributed by atoms with Crippen molar-refractivity contribution < 1.29 is 19.0 Å². The van der Waals surface area contributed by atoms with E-state index >= 15 is 0 Å². The average molecular weight is 392 g/mol. The van der Waals surface area contributed by atoms with Crippen LogP contribution in [0.15, 0.2) is 53.3 Å².